The summed E-state index contributed by atoms with van der Waals surface area (Å²) in [6.45, 7) is 1.74. The van der Waals surface area contributed by atoms with E-state index in [1.54, 1.807) is 43.3 Å². The predicted molar refractivity (Wildman–Crippen MR) is 96.0 cm³/mol. The van der Waals surface area contributed by atoms with Gasteiger partial charge in [-0.2, -0.15) is 10.5 Å². The molecule has 0 spiro atoms. The number of likely N-dealkylation sites (N-methyl/N-ethyl adjacent to an activating group) is 1. The molecule has 2 aromatic rings. The number of halogens is 1. The molecule has 0 bridgehead atoms. The van der Waals surface area contributed by atoms with Crippen LogP contribution < -0.4 is 5.32 Å². The molecule has 0 unspecified atom stereocenters. The standard InChI is InChI=1S/C20H16FN5O/c1-20(15-5-3-4-12(8-15)10-22)17(18(27)26(2)19(24)25-20)13-6-7-14(11-23)16(21)9-13/h3-9,17H,1-2H3,(H2,24,25)/t17-,20+/m0/s1. The molecule has 1 aliphatic rings. The molecule has 2 atom stereocenters. The van der Waals surface area contributed by atoms with E-state index >= 15 is 0 Å². The summed E-state index contributed by atoms with van der Waals surface area (Å²) in [7, 11) is 1.47. The fraction of sp³-hybridized carbons (Fsp3) is 0.200. The molecule has 0 radical (unpaired) electrons. The third-order valence-electron chi connectivity index (χ3n) is 4.91. The first-order chi connectivity index (χ1) is 12.8. The van der Waals surface area contributed by atoms with Crippen molar-refractivity contribution in [3.8, 4) is 12.1 Å². The van der Waals surface area contributed by atoms with Crippen molar-refractivity contribution in [1.82, 2.24) is 10.2 Å². The number of carbonyl (C=O) groups excluding carboxylic acids is 1. The van der Waals surface area contributed by atoms with Gasteiger partial charge >= 0.3 is 0 Å². The Morgan fingerprint density at radius 3 is 2.59 bits per heavy atom. The van der Waals surface area contributed by atoms with Gasteiger partial charge in [-0.3, -0.25) is 15.1 Å². The highest BCUT2D eigenvalue weighted by molar-refractivity contribution is 6.02. The van der Waals surface area contributed by atoms with E-state index < -0.39 is 17.3 Å². The van der Waals surface area contributed by atoms with Crippen LogP contribution in [0.5, 0.6) is 0 Å². The van der Waals surface area contributed by atoms with Crippen LogP contribution in [-0.4, -0.2) is 23.8 Å². The van der Waals surface area contributed by atoms with Gasteiger partial charge in [-0.25, -0.2) is 4.39 Å². The number of amides is 1. The van der Waals surface area contributed by atoms with Gasteiger partial charge in [-0.05, 0) is 42.3 Å². The molecule has 1 amide bonds. The fourth-order valence-corrected chi connectivity index (χ4v) is 3.38. The number of nitriles is 2. The smallest absolute Gasteiger partial charge is 0.239 e. The number of nitrogens with one attached hydrogen (secondary N) is 2. The van der Waals surface area contributed by atoms with Crippen molar-refractivity contribution in [1.29, 1.82) is 15.9 Å². The summed E-state index contributed by atoms with van der Waals surface area (Å²) in [5.74, 6) is -2.03. The van der Waals surface area contributed by atoms with Gasteiger partial charge in [-0.15, -0.1) is 0 Å². The maximum absolute atomic E-state index is 14.2. The number of hydrogen-bond acceptors (Lipinski definition) is 4. The summed E-state index contributed by atoms with van der Waals surface area (Å²) >= 11 is 0. The monoisotopic (exact) mass is 361 g/mol. The van der Waals surface area contributed by atoms with Gasteiger partial charge in [0.25, 0.3) is 0 Å². The summed E-state index contributed by atoms with van der Waals surface area (Å²) < 4.78 is 14.2. The summed E-state index contributed by atoms with van der Waals surface area (Å²) in [6, 6.07) is 14.6. The van der Waals surface area contributed by atoms with Crippen LogP contribution in [0.2, 0.25) is 0 Å². The van der Waals surface area contributed by atoms with Gasteiger partial charge in [0.1, 0.15) is 11.9 Å². The van der Waals surface area contributed by atoms with Gasteiger partial charge in [-0.1, -0.05) is 18.2 Å². The molecular formula is C20H16FN5O. The molecule has 1 fully saturated rings. The molecule has 134 valence electrons. The predicted octanol–water partition coefficient (Wildman–Crippen LogP) is 2.56. The van der Waals surface area contributed by atoms with Crippen molar-refractivity contribution >= 4 is 11.9 Å². The highest BCUT2D eigenvalue weighted by Crippen LogP contribution is 2.41. The summed E-state index contributed by atoms with van der Waals surface area (Å²) in [5, 5.41) is 29.3. The van der Waals surface area contributed by atoms with E-state index in [0.29, 0.717) is 16.7 Å². The molecule has 0 aromatic heterocycles. The van der Waals surface area contributed by atoms with Crippen molar-refractivity contribution in [3.05, 3.63) is 70.5 Å². The minimum Gasteiger partial charge on any atom is -0.346 e. The number of nitrogens with zero attached hydrogens (tertiary/aromatic N) is 3. The van der Waals surface area contributed by atoms with Gasteiger partial charge in [0.15, 0.2) is 5.96 Å². The van der Waals surface area contributed by atoms with Crippen molar-refractivity contribution in [3.63, 3.8) is 0 Å². The van der Waals surface area contributed by atoms with Crippen LogP contribution in [0.1, 0.15) is 35.1 Å². The highest BCUT2D eigenvalue weighted by Gasteiger charge is 2.48. The molecule has 2 aromatic carbocycles. The Hall–Kier alpha value is -3.71. The second-order valence-electron chi connectivity index (χ2n) is 6.55. The van der Waals surface area contributed by atoms with Gasteiger partial charge < -0.3 is 5.32 Å². The van der Waals surface area contributed by atoms with Crippen LogP contribution in [0.4, 0.5) is 4.39 Å². The maximum Gasteiger partial charge on any atom is 0.239 e. The van der Waals surface area contributed by atoms with E-state index in [4.69, 9.17) is 10.7 Å². The Bertz CT molecular complexity index is 1040. The van der Waals surface area contributed by atoms with E-state index in [-0.39, 0.29) is 17.4 Å². The Labute approximate surface area is 156 Å². The lowest BCUT2D eigenvalue weighted by atomic mass is 9.73. The van der Waals surface area contributed by atoms with Crippen LogP contribution in [0, 0.1) is 33.9 Å². The average molecular weight is 361 g/mol. The SMILES string of the molecule is CN1C(=N)N[C@](C)(c2cccc(C#N)c2)[C@@H](c2ccc(C#N)c(F)c2)C1=O. The van der Waals surface area contributed by atoms with Gasteiger partial charge in [0.05, 0.1) is 28.7 Å². The third-order valence-corrected chi connectivity index (χ3v) is 4.91. The number of carbonyl (C=O) groups is 1. The maximum atomic E-state index is 14.2. The van der Waals surface area contributed by atoms with E-state index in [0.717, 1.165) is 4.90 Å². The second-order valence-corrected chi connectivity index (χ2v) is 6.55. The number of benzene rings is 2. The Balaban J connectivity index is 2.21. The van der Waals surface area contributed by atoms with Crippen LogP contribution in [0.3, 0.4) is 0 Å². The fourth-order valence-electron chi connectivity index (χ4n) is 3.38. The quantitative estimate of drug-likeness (QED) is 0.858. The van der Waals surface area contributed by atoms with E-state index in [1.807, 2.05) is 0 Å². The molecule has 6 nitrogen and oxygen atoms in total. The molecular weight excluding hydrogens is 345 g/mol. The minimum absolute atomic E-state index is 0.0878. The van der Waals surface area contributed by atoms with Crippen LogP contribution in [0.15, 0.2) is 42.5 Å². The molecule has 2 N–H and O–H groups in total. The van der Waals surface area contributed by atoms with Crippen LogP contribution in [0.25, 0.3) is 0 Å². The van der Waals surface area contributed by atoms with E-state index in [9.17, 15) is 14.4 Å². The lowest BCUT2D eigenvalue weighted by Crippen LogP contribution is -2.62. The first-order valence-corrected chi connectivity index (χ1v) is 8.16. The molecule has 0 saturated carbocycles. The van der Waals surface area contributed by atoms with Crippen LogP contribution in [-0.2, 0) is 10.3 Å². The van der Waals surface area contributed by atoms with Gasteiger partial charge in [0.2, 0.25) is 5.91 Å². The highest BCUT2D eigenvalue weighted by atomic mass is 19.1. The van der Waals surface area contributed by atoms with E-state index in [1.165, 1.54) is 19.2 Å². The lowest BCUT2D eigenvalue weighted by molar-refractivity contribution is -0.131. The zero-order chi connectivity index (χ0) is 19.8. The van der Waals surface area contributed by atoms with Gasteiger partial charge in [0, 0.05) is 7.05 Å². The average Bonchev–Trinajstić information content (AvgIpc) is 2.66. The molecule has 3 rings (SSSR count). The third kappa shape index (κ3) is 2.90. The lowest BCUT2D eigenvalue weighted by Gasteiger charge is -2.46. The zero-order valence-electron chi connectivity index (χ0n) is 14.7. The summed E-state index contributed by atoms with van der Waals surface area (Å²) in [4.78, 5) is 14.2. The Morgan fingerprint density at radius 2 is 1.96 bits per heavy atom. The van der Waals surface area contributed by atoms with Crippen molar-refractivity contribution in [2.24, 2.45) is 0 Å². The molecule has 27 heavy (non-hydrogen) atoms. The minimum atomic E-state index is -1.08. The number of rotatable bonds is 2. The number of hydrogen-bond donors (Lipinski definition) is 2. The van der Waals surface area contributed by atoms with E-state index in [2.05, 4.69) is 11.4 Å². The van der Waals surface area contributed by atoms with Crippen molar-refractivity contribution in [2.75, 3.05) is 7.05 Å². The Kier molecular flexibility index (Phi) is 4.39. The van der Waals surface area contributed by atoms with Crippen molar-refractivity contribution in [2.45, 2.75) is 18.4 Å². The topological polar surface area (TPSA) is 104 Å². The first-order valence-electron chi connectivity index (χ1n) is 8.16. The normalized spacial score (nSPS) is 22.0. The van der Waals surface area contributed by atoms with Crippen molar-refractivity contribution < 1.29 is 9.18 Å². The molecule has 7 heteroatoms. The summed E-state index contributed by atoms with van der Waals surface area (Å²) in [5.41, 5.74) is 0.242. The summed E-state index contributed by atoms with van der Waals surface area (Å²) in [6.07, 6.45) is 0. The first kappa shape index (κ1) is 18.1. The molecule has 0 aliphatic carbocycles. The zero-order valence-corrected chi connectivity index (χ0v) is 14.7. The largest absolute Gasteiger partial charge is 0.346 e. The van der Waals surface area contributed by atoms with Crippen LogP contribution >= 0.6 is 0 Å². The molecule has 1 saturated heterocycles. The Morgan fingerprint density at radius 1 is 1.22 bits per heavy atom. The molecule has 1 aliphatic heterocycles. The second kappa shape index (κ2) is 6.54. The molecule has 1 heterocycles. The number of guanidine groups is 1.